The van der Waals surface area contributed by atoms with Gasteiger partial charge < -0.3 is 5.32 Å². The molecule has 0 heterocycles. The summed E-state index contributed by atoms with van der Waals surface area (Å²) >= 11 is 0. The zero-order valence-electron chi connectivity index (χ0n) is 18.9. The normalized spacial score (nSPS) is 11.2. The van der Waals surface area contributed by atoms with E-state index in [0.29, 0.717) is 11.8 Å². The van der Waals surface area contributed by atoms with Gasteiger partial charge in [0.1, 0.15) is 0 Å². The van der Waals surface area contributed by atoms with E-state index in [1.165, 1.54) is 44.8 Å². The summed E-state index contributed by atoms with van der Waals surface area (Å²) in [6.45, 7) is 9.04. The molecule has 0 aliphatic heterocycles. The Morgan fingerprint density at radius 3 is 1.19 bits per heavy atom. The average Bonchev–Trinajstić information content (AvgIpc) is 2.80. The van der Waals surface area contributed by atoms with Crippen LogP contribution in [0.25, 0.3) is 22.3 Å². The Bertz CT molecular complexity index is 1050. The quantitative estimate of drug-likeness (QED) is 0.337. The molecule has 0 amide bonds. The Hall–Kier alpha value is -3.32. The van der Waals surface area contributed by atoms with Gasteiger partial charge in [0, 0.05) is 11.4 Å². The van der Waals surface area contributed by atoms with E-state index in [1.54, 1.807) is 0 Å². The molecule has 4 rings (SSSR count). The molecule has 0 saturated carbocycles. The first-order valence-corrected chi connectivity index (χ1v) is 11.2. The third kappa shape index (κ3) is 4.72. The Balaban J connectivity index is 1.71. The van der Waals surface area contributed by atoms with Crippen LogP contribution in [0.2, 0.25) is 0 Å². The molecule has 0 aromatic heterocycles. The van der Waals surface area contributed by atoms with Crippen LogP contribution in [-0.2, 0) is 0 Å². The largest absolute Gasteiger partial charge is 0.355 e. The van der Waals surface area contributed by atoms with Crippen LogP contribution in [0.4, 0.5) is 11.4 Å². The molecule has 4 aromatic rings. The Morgan fingerprint density at radius 1 is 0.452 bits per heavy atom. The topological polar surface area (TPSA) is 12.0 Å². The molecular formula is C30H31N. The number of nitrogens with one attached hydrogen (secondary N) is 1. The molecule has 0 atom stereocenters. The van der Waals surface area contributed by atoms with Gasteiger partial charge >= 0.3 is 0 Å². The third-order valence-corrected chi connectivity index (χ3v) is 5.83. The van der Waals surface area contributed by atoms with E-state index in [-0.39, 0.29) is 0 Å². The highest BCUT2D eigenvalue weighted by Gasteiger charge is 2.13. The summed E-state index contributed by atoms with van der Waals surface area (Å²) in [4.78, 5) is 0. The van der Waals surface area contributed by atoms with Crippen molar-refractivity contribution in [2.45, 2.75) is 39.5 Å². The Labute approximate surface area is 186 Å². The van der Waals surface area contributed by atoms with Crippen molar-refractivity contribution in [2.24, 2.45) is 0 Å². The fraction of sp³-hybridized carbons (Fsp3) is 0.200. The molecule has 0 fully saturated rings. The second-order valence-corrected chi connectivity index (χ2v) is 8.77. The fourth-order valence-electron chi connectivity index (χ4n) is 4.07. The molecular weight excluding hydrogens is 374 g/mol. The van der Waals surface area contributed by atoms with Crippen LogP contribution < -0.4 is 5.32 Å². The molecule has 0 saturated heterocycles. The van der Waals surface area contributed by atoms with E-state index in [9.17, 15) is 0 Å². The maximum absolute atomic E-state index is 3.76. The standard InChI is InChI=1S/C30H31N/c1-21(2)27-19-25(23-11-7-5-8-12-23)15-17-29(27)31-30-18-16-26(20-28(30)22(3)4)24-13-9-6-10-14-24/h5-22,31H,1-4H3. The summed E-state index contributed by atoms with van der Waals surface area (Å²) in [5, 5.41) is 3.76. The number of hydrogen-bond acceptors (Lipinski definition) is 1. The summed E-state index contributed by atoms with van der Waals surface area (Å²) in [7, 11) is 0. The van der Waals surface area contributed by atoms with Crippen LogP contribution in [0.1, 0.15) is 50.7 Å². The number of hydrogen-bond donors (Lipinski definition) is 1. The van der Waals surface area contributed by atoms with Crippen molar-refractivity contribution in [1.82, 2.24) is 0 Å². The Kier molecular flexibility index (Phi) is 6.23. The van der Waals surface area contributed by atoms with Gasteiger partial charge in [-0.05, 0) is 69.5 Å². The highest BCUT2D eigenvalue weighted by Crippen LogP contribution is 2.36. The van der Waals surface area contributed by atoms with Crippen molar-refractivity contribution in [3.05, 3.63) is 108 Å². The smallest absolute Gasteiger partial charge is 0.0419 e. The van der Waals surface area contributed by atoms with Gasteiger partial charge in [-0.3, -0.25) is 0 Å². The predicted octanol–water partition coefficient (Wildman–Crippen LogP) is 9.01. The molecule has 156 valence electrons. The second kappa shape index (κ2) is 9.22. The molecule has 0 aliphatic carbocycles. The van der Waals surface area contributed by atoms with Crippen LogP contribution in [0.3, 0.4) is 0 Å². The van der Waals surface area contributed by atoms with Crippen LogP contribution in [0, 0.1) is 0 Å². The summed E-state index contributed by atoms with van der Waals surface area (Å²) in [6, 6.07) is 34.8. The zero-order chi connectivity index (χ0) is 21.8. The number of benzene rings is 4. The number of rotatable bonds is 6. The molecule has 1 heteroatoms. The lowest BCUT2D eigenvalue weighted by Crippen LogP contribution is -2.02. The van der Waals surface area contributed by atoms with Gasteiger partial charge in [0.25, 0.3) is 0 Å². The highest BCUT2D eigenvalue weighted by atomic mass is 14.9. The van der Waals surface area contributed by atoms with Crippen LogP contribution >= 0.6 is 0 Å². The first kappa shape index (κ1) is 20.9. The first-order chi connectivity index (χ1) is 15.0. The van der Waals surface area contributed by atoms with Crippen LogP contribution in [0.5, 0.6) is 0 Å². The lowest BCUT2D eigenvalue weighted by Gasteiger charge is -2.20. The molecule has 0 bridgehead atoms. The van der Waals surface area contributed by atoms with E-state index >= 15 is 0 Å². The summed E-state index contributed by atoms with van der Waals surface area (Å²) in [5.41, 5.74) is 10.1. The van der Waals surface area contributed by atoms with E-state index in [2.05, 4.69) is 130 Å². The van der Waals surface area contributed by atoms with Gasteiger partial charge in [-0.2, -0.15) is 0 Å². The van der Waals surface area contributed by atoms with Gasteiger partial charge in [-0.25, -0.2) is 0 Å². The van der Waals surface area contributed by atoms with Crippen molar-refractivity contribution in [3.63, 3.8) is 0 Å². The number of anilines is 2. The van der Waals surface area contributed by atoms with Gasteiger partial charge in [0.15, 0.2) is 0 Å². The first-order valence-electron chi connectivity index (χ1n) is 11.2. The Morgan fingerprint density at radius 2 is 0.839 bits per heavy atom. The van der Waals surface area contributed by atoms with Gasteiger partial charge in [-0.1, -0.05) is 100 Å². The predicted molar refractivity (Wildman–Crippen MR) is 135 cm³/mol. The lowest BCUT2D eigenvalue weighted by molar-refractivity contribution is 0.863. The molecule has 31 heavy (non-hydrogen) atoms. The van der Waals surface area contributed by atoms with E-state index in [4.69, 9.17) is 0 Å². The van der Waals surface area contributed by atoms with E-state index < -0.39 is 0 Å². The molecule has 1 nitrogen and oxygen atoms in total. The average molecular weight is 406 g/mol. The van der Waals surface area contributed by atoms with Crippen LogP contribution in [-0.4, -0.2) is 0 Å². The molecule has 0 spiro atoms. The zero-order valence-corrected chi connectivity index (χ0v) is 18.9. The summed E-state index contributed by atoms with van der Waals surface area (Å²) < 4.78 is 0. The fourth-order valence-corrected chi connectivity index (χ4v) is 4.07. The van der Waals surface area contributed by atoms with Crippen molar-refractivity contribution in [2.75, 3.05) is 5.32 Å². The van der Waals surface area contributed by atoms with E-state index in [0.717, 1.165) is 0 Å². The van der Waals surface area contributed by atoms with Gasteiger partial charge in [0.2, 0.25) is 0 Å². The summed E-state index contributed by atoms with van der Waals surface area (Å²) in [6.07, 6.45) is 0. The van der Waals surface area contributed by atoms with E-state index in [1.807, 2.05) is 0 Å². The van der Waals surface area contributed by atoms with Gasteiger partial charge in [-0.15, -0.1) is 0 Å². The minimum atomic E-state index is 0.428. The molecule has 0 aliphatic rings. The minimum absolute atomic E-state index is 0.428. The molecule has 1 N–H and O–H groups in total. The van der Waals surface area contributed by atoms with Crippen molar-refractivity contribution in [1.29, 1.82) is 0 Å². The maximum Gasteiger partial charge on any atom is 0.0419 e. The van der Waals surface area contributed by atoms with Gasteiger partial charge in [0.05, 0.1) is 0 Å². The molecule has 0 radical (unpaired) electrons. The second-order valence-electron chi connectivity index (χ2n) is 8.77. The molecule has 0 unspecified atom stereocenters. The van der Waals surface area contributed by atoms with Crippen LogP contribution in [0.15, 0.2) is 97.1 Å². The monoisotopic (exact) mass is 405 g/mol. The van der Waals surface area contributed by atoms with Crippen molar-refractivity contribution < 1.29 is 0 Å². The van der Waals surface area contributed by atoms with Crippen molar-refractivity contribution in [3.8, 4) is 22.3 Å². The maximum atomic E-state index is 3.76. The third-order valence-electron chi connectivity index (χ3n) is 5.83. The summed E-state index contributed by atoms with van der Waals surface area (Å²) in [5.74, 6) is 0.856. The van der Waals surface area contributed by atoms with Crippen molar-refractivity contribution >= 4 is 11.4 Å². The SMILES string of the molecule is CC(C)c1cc(-c2ccccc2)ccc1Nc1ccc(-c2ccccc2)cc1C(C)C. The highest BCUT2D eigenvalue weighted by molar-refractivity contribution is 5.75. The molecule has 4 aromatic carbocycles. The lowest BCUT2D eigenvalue weighted by atomic mass is 9.93. The minimum Gasteiger partial charge on any atom is -0.355 e.